The number of rotatable bonds is 4. The predicted octanol–water partition coefficient (Wildman–Crippen LogP) is 9.56. The Morgan fingerprint density at radius 1 is 0.667 bits per heavy atom. The van der Waals surface area contributed by atoms with E-state index in [-0.39, 0.29) is 6.10 Å². The van der Waals surface area contributed by atoms with Gasteiger partial charge in [0.15, 0.2) is 0 Å². The van der Waals surface area contributed by atoms with Crippen LogP contribution >= 0.6 is 31.9 Å². The van der Waals surface area contributed by atoms with Crippen molar-refractivity contribution in [2.75, 3.05) is 4.90 Å². The Morgan fingerprint density at radius 3 is 1.85 bits per heavy atom. The van der Waals surface area contributed by atoms with E-state index in [0.717, 1.165) is 38.8 Å². The van der Waals surface area contributed by atoms with Crippen LogP contribution in [-0.4, -0.2) is 0 Å². The van der Waals surface area contributed by atoms with Gasteiger partial charge in [0.05, 0.1) is 12.2 Å². The highest BCUT2D eigenvalue weighted by atomic mass is 79.9. The Kier molecular flexibility index (Phi) is 5.40. The first kappa shape index (κ1) is 21.2. The molecule has 2 atom stereocenters. The van der Waals surface area contributed by atoms with Crippen molar-refractivity contribution in [1.29, 1.82) is 0 Å². The van der Waals surface area contributed by atoms with Crippen LogP contribution in [0.15, 0.2) is 93.9 Å². The third kappa shape index (κ3) is 3.84. The van der Waals surface area contributed by atoms with Crippen LogP contribution in [0.5, 0.6) is 0 Å². The molecule has 2 aliphatic rings. The lowest BCUT2D eigenvalue weighted by Crippen LogP contribution is -2.10. The fourth-order valence-corrected chi connectivity index (χ4v) is 5.68. The summed E-state index contributed by atoms with van der Waals surface area (Å²) in [6, 6.07) is 30.6. The van der Waals surface area contributed by atoms with Crippen molar-refractivity contribution in [2.45, 2.75) is 32.0 Å². The quantitative estimate of drug-likeness (QED) is 0.246. The molecule has 0 spiro atoms. The third-order valence-corrected chi connectivity index (χ3v) is 7.81. The Balaban J connectivity index is 1.41. The second-order valence-electron chi connectivity index (χ2n) is 8.82. The van der Waals surface area contributed by atoms with E-state index >= 15 is 0 Å². The molecule has 6 rings (SSSR count). The summed E-state index contributed by atoms with van der Waals surface area (Å²) in [5, 5.41) is 0. The molecule has 2 aliphatic heterocycles. The summed E-state index contributed by atoms with van der Waals surface area (Å²) in [6.45, 7) is 2.20. The van der Waals surface area contributed by atoms with Crippen molar-refractivity contribution >= 4 is 48.9 Å². The number of halogens is 2. The van der Waals surface area contributed by atoms with Gasteiger partial charge in [-0.05, 0) is 114 Å². The normalized spacial score (nSPS) is 18.4. The van der Waals surface area contributed by atoms with Gasteiger partial charge in [-0.2, -0.15) is 0 Å². The zero-order chi connectivity index (χ0) is 22.5. The molecule has 4 heteroatoms. The average molecular weight is 561 g/mol. The molecule has 164 valence electrons. The molecule has 2 bridgehead atoms. The van der Waals surface area contributed by atoms with Gasteiger partial charge in [-0.1, -0.05) is 50.1 Å². The Labute approximate surface area is 211 Å². The van der Waals surface area contributed by atoms with Crippen molar-refractivity contribution < 1.29 is 4.74 Å². The van der Waals surface area contributed by atoms with Gasteiger partial charge in [0.1, 0.15) is 0 Å². The lowest BCUT2D eigenvalue weighted by Gasteiger charge is -2.26. The van der Waals surface area contributed by atoms with Gasteiger partial charge < -0.3 is 9.64 Å². The van der Waals surface area contributed by atoms with E-state index in [0.29, 0.717) is 6.10 Å². The van der Waals surface area contributed by atoms with Gasteiger partial charge in [0.2, 0.25) is 0 Å². The molecule has 1 fully saturated rings. The number of fused-ring (bicyclic) bond motifs is 5. The van der Waals surface area contributed by atoms with Crippen LogP contribution in [-0.2, 0) is 4.74 Å². The van der Waals surface area contributed by atoms with Crippen LogP contribution in [0.25, 0.3) is 11.1 Å². The topological polar surface area (TPSA) is 12.5 Å². The smallest absolute Gasteiger partial charge is 0.0838 e. The van der Waals surface area contributed by atoms with Crippen molar-refractivity contribution in [2.24, 2.45) is 0 Å². The standard InChI is InChI=1S/C29H23Br2NO/c1-18-16-24(32(22-7-3-20(30)4-8-22)23-9-5-21(31)6-10-23)11-13-25(18)19-2-12-26-27(17-19)29-15-14-28(26)33-29/h2-13,16-17,28-29H,14-15H2,1H3. The van der Waals surface area contributed by atoms with Gasteiger partial charge in [0, 0.05) is 26.0 Å². The number of anilines is 3. The maximum Gasteiger partial charge on any atom is 0.0838 e. The van der Waals surface area contributed by atoms with Crippen molar-refractivity contribution in [3.63, 3.8) is 0 Å². The molecule has 0 radical (unpaired) electrons. The zero-order valence-corrected chi connectivity index (χ0v) is 21.4. The Bertz CT molecular complexity index is 1290. The van der Waals surface area contributed by atoms with E-state index in [4.69, 9.17) is 4.74 Å². The lowest BCUT2D eigenvalue weighted by atomic mass is 9.88. The molecule has 1 saturated heterocycles. The van der Waals surface area contributed by atoms with Gasteiger partial charge in [-0.15, -0.1) is 0 Å². The van der Waals surface area contributed by atoms with E-state index in [1.54, 1.807) is 0 Å². The van der Waals surface area contributed by atoms with Crippen LogP contribution in [0, 0.1) is 6.92 Å². The molecule has 0 aliphatic carbocycles. The predicted molar refractivity (Wildman–Crippen MR) is 142 cm³/mol. The average Bonchev–Trinajstić information content (AvgIpc) is 3.44. The summed E-state index contributed by atoms with van der Waals surface area (Å²) in [5.41, 5.74) is 9.97. The molecule has 0 saturated carbocycles. The maximum atomic E-state index is 6.12. The lowest BCUT2D eigenvalue weighted by molar-refractivity contribution is 0.0717. The summed E-state index contributed by atoms with van der Waals surface area (Å²) >= 11 is 7.13. The number of hydrogen-bond acceptors (Lipinski definition) is 2. The minimum Gasteiger partial charge on any atom is -0.366 e. The highest BCUT2D eigenvalue weighted by molar-refractivity contribution is 9.10. The summed E-state index contributed by atoms with van der Waals surface area (Å²) in [5.74, 6) is 0. The van der Waals surface area contributed by atoms with Crippen molar-refractivity contribution in [1.82, 2.24) is 0 Å². The molecule has 0 N–H and O–H groups in total. The molecule has 0 amide bonds. The fraction of sp³-hybridized carbons (Fsp3) is 0.172. The number of benzene rings is 4. The van der Waals surface area contributed by atoms with Crippen LogP contribution < -0.4 is 4.90 Å². The molecule has 2 nitrogen and oxygen atoms in total. The fourth-order valence-electron chi connectivity index (χ4n) is 5.15. The third-order valence-electron chi connectivity index (χ3n) is 6.75. The second kappa shape index (κ2) is 8.43. The number of ether oxygens (including phenoxy) is 1. The van der Waals surface area contributed by atoms with Gasteiger partial charge >= 0.3 is 0 Å². The van der Waals surface area contributed by atoms with Crippen LogP contribution in [0.3, 0.4) is 0 Å². The largest absolute Gasteiger partial charge is 0.366 e. The van der Waals surface area contributed by atoms with E-state index in [9.17, 15) is 0 Å². The number of nitrogens with zero attached hydrogens (tertiary/aromatic N) is 1. The van der Waals surface area contributed by atoms with E-state index in [2.05, 4.69) is 129 Å². The van der Waals surface area contributed by atoms with Gasteiger partial charge in [-0.25, -0.2) is 0 Å². The number of hydrogen-bond donors (Lipinski definition) is 0. The molecular weight excluding hydrogens is 538 g/mol. The number of aryl methyl sites for hydroxylation is 1. The monoisotopic (exact) mass is 559 g/mol. The first-order chi connectivity index (χ1) is 16.1. The summed E-state index contributed by atoms with van der Waals surface area (Å²) < 4.78 is 8.26. The minimum absolute atomic E-state index is 0.287. The molecule has 2 heterocycles. The molecule has 2 unspecified atom stereocenters. The summed E-state index contributed by atoms with van der Waals surface area (Å²) in [4.78, 5) is 2.30. The minimum atomic E-state index is 0.287. The SMILES string of the molecule is Cc1cc(N(c2ccc(Br)cc2)c2ccc(Br)cc2)ccc1-c1ccc2c(c1)C1CCC2O1. The highest BCUT2D eigenvalue weighted by Crippen LogP contribution is 2.51. The second-order valence-corrected chi connectivity index (χ2v) is 10.7. The van der Waals surface area contributed by atoms with Gasteiger partial charge in [0.25, 0.3) is 0 Å². The van der Waals surface area contributed by atoms with Crippen LogP contribution in [0.1, 0.15) is 41.7 Å². The Hall–Kier alpha value is -2.40. The molecule has 4 aromatic carbocycles. The molecule has 33 heavy (non-hydrogen) atoms. The zero-order valence-electron chi connectivity index (χ0n) is 18.3. The Morgan fingerprint density at radius 2 is 1.24 bits per heavy atom. The van der Waals surface area contributed by atoms with Crippen molar-refractivity contribution in [3.05, 3.63) is 111 Å². The van der Waals surface area contributed by atoms with Crippen LogP contribution in [0.4, 0.5) is 17.1 Å². The molecular formula is C29H23Br2NO. The summed E-state index contributed by atoms with van der Waals surface area (Å²) in [7, 11) is 0. The molecule has 0 aromatic heterocycles. The van der Waals surface area contributed by atoms with Gasteiger partial charge in [-0.3, -0.25) is 0 Å². The van der Waals surface area contributed by atoms with E-state index in [1.807, 2.05) is 0 Å². The highest BCUT2D eigenvalue weighted by Gasteiger charge is 2.37. The van der Waals surface area contributed by atoms with E-state index < -0.39 is 0 Å². The first-order valence-electron chi connectivity index (χ1n) is 11.3. The summed E-state index contributed by atoms with van der Waals surface area (Å²) in [6.07, 6.45) is 2.91. The molecule has 4 aromatic rings. The van der Waals surface area contributed by atoms with E-state index in [1.165, 1.54) is 27.8 Å². The first-order valence-corrected chi connectivity index (χ1v) is 12.9. The van der Waals surface area contributed by atoms with Crippen molar-refractivity contribution in [3.8, 4) is 11.1 Å². The maximum absolute atomic E-state index is 6.12. The van der Waals surface area contributed by atoms with Crippen LogP contribution in [0.2, 0.25) is 0 Å².